The van der Waals surface area contributed by atoms with Gasteiger partial charge in [0.1, 0.15) is 11.5 Å². The summed E-state index contributed by atoms with van der Waals surface area (Å²) in [5.41, 5.74) is 1.78. The topological polar surface area (TPSA) is 74.8 Å². The Labute approximate surface area is 110 Å². The molecule has 0 amide bonds. The molecule has 0 aliphatic rings. The second-order valence-corrected chi connectivity index (χ2v) is 4.31. The van der Waals surface area contributed by atoms with E-state index in [1.165, 1.54) is 35.2 Å². The molecule has 0 atom stereocenters. The van der Waals surface area contributed by atoms with Crippen LogP contribution in [-0.2, 0) is 0 Å². The minimum atomic E-state index is -0.230. The zero-order chi connectivity index (χ0) is 14.0. The number of hydrogen-bond donors (Lipinski definition) is 2. The fraction of sp³-hybridized carbons (Fsp3) is 0.143. The first-order valence-electron chi connectivity index (χ1n) is 5.74. The third-order valence-corrected chi connectivity index (χ3v) is 2.66. The summed E-state index contributed by atoms with van der Waals surface area (Å²) < 4.78 is 1.25. The van der Waals surface area contributed by atoms with Gasteiger partial charge in [0.25, 0.3) is 5.56 Å². The average Bonchev–Trinajstić information content (AvgIpc) is 2.30. The van der Waals surface area contributed by atoms with Crippen molar-refractivity contribution in [3.05, 3.63) is 57.5 Å². The summed E-state index contributed by atoms with van der Waals surface area (Å²) in [5.74, 6) is -0.125. The number of benzene rings is 1. The summed E-state index contributed by atoms with van der Waals surface area (Å²) in [6.07, 6.45) is 1.37. The summed E-state index contributed by atoms with van der Waals surface area (Å²) in [6.45, 7) is 3.62. The highest BCUT2D eigenvalue weighted by atomic mass is 16.3. The maximum atomic E-state index is 11.8. The molecule has 0 bridgehead atoms. The molecule has 0 spiro atoms. The molecule has 0 saturated heterocycles. The van der Waals surface area contributed by atoms with Crippen molar-refractivity contribution in [3.8, 4) is 11.5 Å². The predicted octanol–water partition coefficient (Wildman–Crippen LogP) is 1.76. The lowest BCUT2D eigenvalue weighted by Gasteiger charge is -2.04. The lowest BCUT2D eigenvalue weighted by atomic mass is 10.2. The van der Waals surface area contributed by atoms with Gasteiger partial charge in [-0.25, -0.2) is 4.68 Å². The minimum Gasteiger partial charge on any atom is -0.508 e. The van der Waals surface area contributed by atoms with Crippen LogP contribution in [0, 0.1) is 13.8 Å². The number of aromatic nitrogens is 1. The van der Waals surface area contributed by atoms with E-state index in [0.29, 0.717) is 11.3 Å². The van der Waals surface area contributed by atoms with E-state index in [-0.39, 0.29) is 17.1 Å². The van der Waals surface area contributed by atoms with Gasteiger partial charge in [-0.3, -0.25) is 4.79 Å². The molecule has 98 valence electrons. The Morgan fingerprint density at radius 2 is 1.89 bits per heavy atom. The fourth-order valence-corrected chi connectivity index (χ4v) is 1.77. The van der Waals surface area contributed by atoms with Gasteiger partial charge in [0.2, 0.25) is 0 Å². The van der Waals surface area contributed by atoms with Gasteiger partial charge in [-0.1, -0.05) is 0 Å². The molecule has 0 saturated carbocycles. The highest BCUT2D eigenvalue weighted by molar-refractivity contribution is 5.83. The van der Waals surface area contributed by atoms with E-state index in [1.54, 1.807) is 6.92 Å². The molecule has 5 nitrogen and oxygen atoms in total. The van der Waals surface area contributed by atoms with Crippen LogP contribution in [0.15, 0.2) is 40.2 Å². The molecule has 1 heterocycles. The molecule has 0 radical (unpaired) electrons. The van der Waals surface area contributed by atoms with Crippen molar-refractivity contribution in [2.75, 3.05) is 0 Å². The Morgan fingerprint density at radius 3 is 2.53 bits per heavy atom. The highest BCUT2D eigenvalue weighted by Gasteiger charge is 2.01. The highest BCUT2D eigenvalue weighted by Crippen LogP contribution is 2.20. The van der Waals surface area contributed by atoms with Crippen molar-refractivity contribution >= 4 is 6.21 Å². The van der Waals surface area contributed by atoms with Crippen molar-refractivity contribution in [1.82, 2.24) is 4.68 Å². The van der Waals surface area contributed by atoms with Crippen molar-refractivity contribution in [2.45, 2.75) is 13.8 Å². The predicted molar refractivity (Wildman–Crippen MR) is 72.9 cm³/mol. The summed E-state index contributed by atoms with van der Waals surface area (Å²) in [6, 6.07) is 7.50. The standard InChI is InChI=1S/C14H14N2O3/c1-9-5-10(2)16(14(19)6-9)15-8-11-3-4-12(17)7-13(11)18/h3-8,17-18H,1-2H3. The Bertz CT molecular complexity index is 702. The number of pyridine rings is 1. The Morgan fingerprint density at radius 1 is 1.16 bits per heavy atom. The van der Waals surface area contributed by atoms with Gasteiger partial charge in [-0.05, 0) is 37.6 Å². The molecular weight excluding hydrogens is 244 g/mol. The normalized spacial score (nSPS) is 11.1. The number of aromatic hydroxyl groups is 2. The lowest BCUT2D eigenvalue weighted by Crippen LogP contribution is -2.18. The van der Waals surface area contributed by atoms with Crippen LogP contribution in [0.25, 0.3) is 0 Å². The largest absolute Gasteiger partial charge is 0.508 e. The molecule has 1 aromatic carbocycles. The third-order valence-electron chi connectivity index (χ3n) is 2.66. The van der Waals surface area contributed by atoms with Crippen molar-refractivity contribution in [2.24, 2.45) is 5.10 Å². The van der Waals surface area contributed by atoms with Crippen LogP contribution in [0.5, 0.6) is 11.5 Å². The van der Waals surface area contributed by atoms with Crippen LogP contribution in [0.2, 0.25) is 0 Å². The van der Waals surface area contributed by atoms with E-state index in [4.69, 9.17) is 0 Å². The van der Waals surface area contributed by atoms with Crippen LogP contribution in [0.3, 0.4) is 0 Å². The van der Waals surface area contributed by atoms with E-state index in [2.05, 4.69) is 5.10 Å². The fourth-order valence-electron chi connectivity index (χ4n) is 1.77. The van der Waals surface area contributed by atoms with E-state index in [9.17, 15) is 15.0 Å². The van der Waals surface area contributed by atoms with E-state index >= 15 is 0 Å². The quantitative estimate of drug-likeness (QED) is 0.806. The molecule has 5 heteroatoms. The summed E-state index contributed by atoms with van der Waals surface area (Å²) >= 11 is 0. The number of hydrogen-bond acceptors (Lipinski definition) is 4. The summed E-state index contributed by atoms with van der Waals surface area (Å²) in [4.78, 5) is 11.8. The number of nitrogens with zero attached hydrogens (tertiary/aromatic N) is 2. The van der Waals surface area contributed by atoms with Gasteiger partial charge in [0.05, 0.1) is 6.21 Å². The van der Waals surface area contributed by atoms with Crippen molar-refractivity contribution in [3.63, 3.8) is 0 Å². The van der Waals surface area contributed by atoms with Gasteiger partial charge in [0, 0.05) is 23.4 Å². The number of phenolic OH excluding ortho intramolecular Hbond substituents is 2. The molecule has 2 rings (SSSR count). The summed E-state index contributed by atoms with van der Waals surface area (Å²) in [7, 11) is 0. The zero-order valence-electron chi connectivity index (χ0n) is 10.7. The van der Waals surface area contributed by atoms with Gasteiger partial charge in [-0.15, -0.1) is 0 Å². The molecule has 0 fully saturated rings. The van der Waals surface area contributed by atoms with Crippen molar-refractivity contribution < 1.29 is 10.2 Å². The monoisotopic (exact) mass is 258 g/mol. The van der Waals surface area contributed by atoms with Gasteiger partial charge in [-0.2, -0.15) is 5.10 Å². The lowest BCUT2D eigenvalue weighted by molar-refractivity contribution is 0.450. The minimum absolute atomic E-state index is 0.0293. The van der Waals surface area contributed by atoms with Crippen LogP contribution in [0.4, 0.5) is 0 Å². The Balaban J connectivity index is 2.41. The molecule has 1 aromatic heterocycles. The Hall–Kier alpha value is -2.56. The first-order chi connectivity index (χ1) is 8.97. The zero-order valence-corrected chi connectivity index (χ0v) is 10.7. The van der Waals surface area contributed by atoms with Gasteiger partial charge < -0.3 is 10.2 Å². The molecular formula is C14H14N2O3. The maximum absolute atomic E-state index is 11.8. The smallest absolute Gasteiger partial charge is 0.271 e. The first-order valence-corrected chi connectivity index (χ1v) is 5.74. The molecule has 2 aromatic rings. The van der Waals surface area contributed by atoms with Crippen LogP contribution < -0.4 is 5.56 Å². The second kappa shape index (κ2) is 4.97. The van der Waals surface area contributed by atoms with Gasteiger partial charge >= 0.3 is 0 Å². The first kappa shape index (κ1) is 12.9. The number of phenols is 2. The third kappa shape index (κ3) is 2.82. The Kier molecular flexibility index (Phi) is 3.37. The number of aryl methyl sites for hydroxylation is 2. The maximum Gasteiger partial charge on any atom is 0.271 e. The molecule has 0 aliphatic heterocycles. The molecule has 2 N–H and O–H groups in total. The van der Waals surface area contributed by atoms with Gasteiger partial charge in [0.15, 0.2) is 0 Å². The van der Waals surface area contributed by atoms with Crippen LogP contribution in [0.1, 0.15) is 16.8 Å². The van der Waals surface area contributed by atoms with Crippen LogP contribution >= 0.6 is 0 Å². The second-order valence-electron chi connectivity index (χ2n) is 4.31. The van der Waals surface area contributed by atoms with E-state index < -0.39 is 0 Å². The molecule has 19 heavy (non-hydrogen) atoms. The summed E-state index contributed by atoms with van der Waals surface area (Å²) in [5, 5.41) is 22.8. The molecule has 0 unspecified atom stereocenters. The van der Waals surface area contributed by atoms with E-state index in [0.717, 1.165) is 5.56 Å². The SMILES string of the molecule is Cc1cc(C)n(N=Cc2ccc(O)cc2O)c(=O)c1. The van der Waals surface area contributed by atoms with Crippen LogP contribution in [-0.4, -0.2) is 21.1 Å². The molecule has 0 aliphatic carbocycles. The van der Waals surface area contributed by atoms with Crippen molar-refractivity contribution in [1.29, 1.82) is 0 Å². The van der Waals surface area contributed by atoms with E-state index in [1.807, 2.05) is 13.0 Å². The number of rotatable bonds is 2. The average molecular weight is 258 g/mol.